The summed E-state index contributed by atoms with van der Waals surface area (Å²) in [6, 6.07) is 4.25. The highest BCUT2D eigenvalue weighted by Gasteiger charge is 2.23. The van der Waals surface area contributed by atoms with Crippen molar-refractivity contribution in [2.75, 3.05) is 26.3 Å². The van der Waals surface area contributed by atoms with Gasteiger partial charge in [0.25, 0.3) is 0 Å². The van der Waals surface area contributed by atoms with Crippen LogP contribution in [0.25, 0.3) is 0 Å². The lowest BCUT2D eigenvalue weighted by Gasteiger charge is -2.35. The van der Waals surface area contributed by atoms with Crippen molar-refractivity contribution in [3.63, 3.8) is 0 Å². The molecule has 4 nitrogen and oxygen atoms in total. The lowest BCUT2D eigenvalue weighted by Crippen LogP contribution is -2.47. The van der Waals surface area contributed by atoms with Gasteiger partial charge in [-0.1, -0.05) is 0 Å². The summed E-state index contributed by atoms with van der Waals surface area (Å²) in [7, 11) is 0. The number of morpholine rings is 1. The van der Waals surface area contributed by atoms with Crippen molar-refractivity contribution in [3.05, 3.63) is 26.6 Å². The molecular formula is C15H21Br2NO3. The maximum Gasteiger partial charge on any atom is 0.147 e. The summed E-state index contributed by atoms with van der Waals surface area (Å²) in [6.45, 7) is 7.53. The Morgan fingerprint density at radius 2 is 2.05 bits per heavy atom. The minimum atomic E-state index is 0.00651. The average Bonchev–Trinajstić information content (AvgIpc) is 2.46. The summed E-state index contributed by atoms with van der Waals surface area (Å²) in [5, 5.41) is 9.18. The molecule has 1 unspecified atom stereocenters. The van der Waals surface area contributed by atoms with E-state index in [1.807, 2.05) is 12.1 Å². The first-order valence-corrected chi connectivity index (χ1v) is 8.67. The van der Waals surface area contributed by atoms with Gasteiger partial charge in [0.15, 0.2) is 0 Å². The molecule has 21 heavy (non-hydrogen) atoms. The number of aliphatic hydroxyl groups excluding tert-OH is 1. The second-order valence-electron chi connectivity index (χ2n) is 5.44. The number of nitrogens with zero attached hydrogens (tertiary/aromatic N) is 1. The van der Waals surface area contributed by atoms with Gasteiger partial charge < -0.3 is 14.6 Å². The quantitative estimate of drug-likeness (QED) is 0.791. The smallest absolute Gasteiger partial charge is 0.147 e. The van der Waals surface area contributed by atoms with Gasteiger partial charge in [0.05, 0.1) is 22.2 Å². The van der Waals surface area contributed by atoms with E-state index in [-0.39, 0.29) is 12.7 Å². The Kier molecular flexibility index (Phi) is 6.50. The van der Waals surface area contributed by atoms with Gasteiger partial charge >= 0.3 is 0 Å². The van der Waals surface area contributed by atoms with Gasteiger partial charge in [-0.05, 0) is 63.4 Å². The van der Waals surface area contributed by atoms with Crippen LogP contribution >= 0.6 is 31.9 Å². The third-order valence-electron chi connectivity index (χ3n) is 3.55. The van der Waals surface area contributed by atoms with Crippen LogP contribution in [0, 0.1) is 0 Å². The van der Waals surface area contributed by atoms with Gasteiger partial charge in [-0.2, -0.15) is 0 Å². The topological polar surface area (TPSA) is 41.9 Å². The largest absolute Gasteiger partial charge is 0.488 e. The second kappa shape index (κ2) is 7.92. The van der Waals surface area contributed by atoms with Crippen molar-refractivity contribution in [1.82, 2.24) is 4.90 Å². The molecule has 1 aliphatic rings. The summed E-state index contributed by atoms with van der Waals surface area (Å²) in [5.41, 5.74) is 0.834. The van der Waals surface area contributed by atoms with Crippen molar-refractivity contribution in [2.24, 2.45) is 0 Å². The highest BCUT2D eigenvalue weighted by Crippen LogP contribution is 2.35. The van der Waals surface area contributed by atoms with Crippen LogP contribution in [-0.2, 0) is 11.3 Å². The molecule has 1 aromatic rings. The minimum absolute atomic E-state index is 0.00651. The predicted molar refractivity (Wildman–Crippen MR) is 89.7 cm³/mol. The summed E-state index contributed by atoms with van der Waals surface area (Å²) >= 11 is 6.96. The summed E-state index contributed by atoms with van der Waals surface area (Å²) in [5.74, 6) is 0.748. The average molecular weight is 423 g/mol. The molecule has 2 rings (SSSR count). The molecule has 1 heterocycles. The molecule has 118 valence electrons. The Bertz CT molecular complexity index is 459. The summed E-state index contributed by atoms with van der Waals surface area (Å²) in [6.07, 6.45) is 0.0810. The molecule has 0 radical (unpaired) electrons. The van der Waals surface area contributed by atoms with Crippen LogP contribution in [0.2, 0.25) is 0 Å². The Morgan fingerprint density at radius 3 is 2.62 bits per heavy atom. The van der Waals surface area contributed by atoms with E-state index in [2.05, 4.69) is 50.6 Å². The number of rotatable bonds is 5. The van der Waals surface area contributed by atoms with Crippen LogP contribution < -0.4 is 4.74 Å². The van der Waals surface area contributed by atoms with Crippen LogP contribution in [0.1, 0.15) is 19.4 Å². The van der Waals surface area contributed by atoms with E-state index in [0.717, 1.165) is 40.0 Å². The van der Waals surface area contributed by atoms with E-state index in [9.17, 15) is 5.11 Å². The van der Waals surface area contributed by atoms with Crippen LogP contribution in [-0.4, -0.2) is 48.5 Å². The van der Waals surface area contributed by atoms with Crippen LogP contribution in [0.4, 0.5) is 0 Å². The van der Waals surface area contributed by atoms with Gasteiger partial charge in [-0.25, -0.2) is 0 Å². The number of ether oxygens (including phenoxy) is 2. The van der Waals surface area contributed by atoms with Gasteiger partial charge in [0, 0.05) is 19.1 Å². The van der Waals surface area contributed by atoms with E-state index in [1.165, 1.54) is 0 Å². The Hall–Kier alpha value is -0.140. The monoisotopic (exact) mass is 421 g/mol. The molecule has 0 aliphatic carbocycles. The first-order chi connectivity index (χ1) is 10.0. The highest BCUT2D eigenvalue weighted by molar-refractivity contribution is 9.11. The standard InChI is InChI=1S/C15H21Br2NO3/c1-10(2)18-3-4-20-12(7-18)9-21-15-13(16)5-11(8-19)6-14(15)17/h5-6,10,12,19H,3-4,7-9H2,1-2H3. The molecule has 1 fully saturated rings. The van der Waals surface area contributed by atoms with E-state index < -0.39 is 0 Å². The van der Waals surface area contributed by atoms with Crippen molar-refractivity contribution < 1.29 is 14.6 Å². The Balaban J connectivity index is 1.97. The summed E-state index contributed by atoms with van der Waals surface area (Å²) < 4.78 is 13.3. The number of halogens is 2. The van der Waals surface area contributed by atoms with Gasteiger partial charge in [0.1, 0.15) is 18.5 Å². The number of hydrogen-bond acceptors (Lipinski definition) is 4. The number of aliphatic hydroxyl groups is 1. The summed E-state index contributed by atoms with van der Waals surface area (Å²) in [4.78, 5) is 2.40. The zero-order valence-electron chi connectivity index (χ0n) is 12.3. The van der Waals surface area contributed by atoms with E-state index >= 15 is 0 Å². The molecule has 0 saturated carbocycles. The van der Waals surface area contributed by atoms with E-state index in [1.54, 1.807) is 0 Å². The van der Waals surface area contributed by atoms with E-state index in [0.29, 0.717) is 12.6 Å². The fraction of sp³-hybridized carbons (Fsp3) is 0.600. The maximum atomic E-state index is 9.18. The second-order valence-corrected chi connectivity index (χ2v) is 7.15. The normalized spacial score (nSPS) is 20.0. The Labute approximate surface area is 142 Å². The molecule has 6 heteroatoms. The zero-order chi connectivity index (χ0) is 15.4. The first kappa shape index (κ1) is 17.2. The molecule has 0 amide bonds. The van der Waals surface area contributed by atoms with Gasteiger partial charge in [0.2, 0.25) is 0 Å². The first-order valence-electron chi connectivity index (χ1n) is 7.08. The third kappa shape index (κ3) is 4.66. The van der Waals surface area contributed by atoms with Crippen molar-refractivity contribution in [1.29, 1.82) is 0 Å². The minimum Gasteiger partial charge on any atom is -0.488 e. The van der Waals surface area contributed by atoms with Crippen LogP contribution in [0.3, 0.4) is 0 Å². The van der Waals surface area contributed by atoms with Crippen molar-refractivity contribution >= 4 is 31.9 Å². The zero-order valence-corrected chi connectivity index (χ0v) is 15.5. The Morgan fingerprint density at radius 1 is 1.38 bits per heavy atom. The molecule has 1 atom stereocenters. The fourth-order valence-electron chi connectivity index (χ4n) is 2.33. The van der Waals surface area contributed by atoms with Crippen molar-refractivity contribution in [3.8, 4) is 5.75 Å². The lowest BCUT2D eigenvalue weighted by atomic mass is 10.2. The SMILES string of the molecule is CC(C)N1CCOC(COc2c(Br)cc(CO)cc2Br)C1. The number of hydrogen-bond donors (Lipinski definition) is 1. The lowest BCUT2D eigenvalue weighted by molar-refractivity contribution is -0.0566. The molecule has 0 spiro atoms. The number of benzene rings is 1. The van der Waals surface area contributed by atoms with Gasteiger partial charge in [-0.15, -0.1) is 0 Å². The molecular weight excluding hydrogens is 402 g/mol. The predicted octanol–water partition coefficient (Wildman–Crippen LogP) is 3.19. The van der Waals surface area contributed by atoms with Crippen molar-refractivity contribution in [2.45, 2.75) is 32.6 Å². The van der Waals surface area contributed by atoms with Crippen LogP contribution in [0.5, 0.6) is 5.75 Å². The molecule has 1 aliphatic heterocycles. The molecule has 1 aromatic carbocycles. The fourth-order valence-corrected chi connectivity index (χ4v) is 3.84. The molecule has 1 N–H and O–H groups in total. The van der Waals surface area contributed by atoms with E-state index in [4.69, 9.17) is 9.47 Å². The molecule has 0 aromatic heterocycles. The third-order valence-corrected chi connectivity index (χ3v) is 4.73. The maximum absolute atomic E-state index is 9.18. The molecule has 0 bridgehead atoms. The molecule has 1 saturated heterocycles. The highest BCUT2D eigenvalue weighted by atomic mass is 79.9. The van der Waals surface area contributed by atoms with Gasteiger partial charge in [-0.3, -0.25) is 4.90 Å². The van der Waals surface area contributed by atoms with Crippen LogP contribution in [0.15, 0.2) is 21.1 Å².